The Morgan fingerprint density at radius 2 is 1.76 bits per heavy atom. The third-order valence-corrected chi connectivity index (χ3v) is 4.46. The van der Waals surface area contributed by atoms with Crippen molar-refractivity contribution in [3.8, 4) is 11.1 Å². The standard InChI is InChI=1S/C15H13ClO4S/c1-10-5-3-4-6-12(10)14-9-11(21(16,18)19)7-8-13(14)15(17)20-2/h3-9H,1-2H3. The van der Waals surface area contributed by atoms with Crippen LogP contribution in [-0.2, 0) is 13.8 Å². The number of hydrogen-bond donors (Lipinski definition) is 0. The summed E-state index contributed by atoms with van der Waals surface area (Å²) in [7, 11) is 2.78. The molecule has 110 valence electrons. The zero-order chi connectivity index (χ0) is 15.6. The van der Waals surface area contributed by atoms with E-state index in [-0.39, 0.29) is 10.5 Å². The highest BCUT2D eigenvalue weighted by Gasteiger charge is 2.19. The zero-order valence-corrected chi connectivity index (χ0v) is 13.0. The molecule has 2 aromatic carbocycles. The topological polar surface area (TPSA) is 60.4 Å². The lowest BCUT2D eigenvalue weighted by Crippen LogP contribution is -2.05. The molecule has 0 atom stereocenters. The maximum Gasteiger partial charge on any atom is 0.338 e. The van der Waals surface area contributed by atoms with E-state index >= 15 is 0 Å². The van der Waals surface area contributed by atoms with E-state index in [1.54, 1.807) is 0 Å². The molecule has 2 rings (SSSR count). The van der Waals surface area contributed by atoms with Gasteiger partial charge in [0.1, 0.15) is 0 Å². The second-order valence-corrected chi connectivity index (χ2v) is 7.02. The molecule has 0 radical (unpaired) electrons. The molecule has 0 bridgehead atoms. The largest absolute Gasteiger partial charge is 0.465 e. The van der Waals surface area contributed by atoms with Crippen molar-refractivity contribution < 1.29 is 17.9 Å². The molecular weight excluding hydrogens is 312 g/mol. The highest BCUT2D eigenvalue weighted by atomic mass is 35.7. The van der Waals surface area contributed by atoms with Crippen LogP contribution in [0.1, 0.15) is 15.9 Å². The predicted molar refractivity (Wildman–Crippen MR) is 81.0 cm³/mol. The van der Waals surface area contributed by atoms with Crippen LogP contribution in [0.4, 0.5) is 0 Å². The Hall–Kier alpha value is -1.85. The van der Waals surface area contributed by atoms with Crippen molar-refractivity contribution in [3.05, 3.63) is 53.6 Å². The molecule has 0 fully saturated rings. The third kappa shape index (κ3) is 3.25. The van der Waals surface area contributed by atoms with Crippen LogP contribution < -0.4 is 0 Å². The van der Waals surface area contributed by atoms with Crippen LogP contribution in [0.25, 0.3) is 11.1 Å². The van der Waals surface area contributed by atoms with Gasteiger partial charge in [0.25, 0.3) is 9.05 Å². The highest BCUT2D eigenvalue weighted by molar-refractivity contribution is 8.13. The van der Waals surface area contributed by atoms with Crippen molar-refractivity contribution in [2.75, 3.05) is 7.11 Å². The minimum absolute atomic E-state index is 0.0601. The maximum atomic E-state index is 11.9. The number of carbonyl (C=O) groups is 1. The SMILES string of the molecule is COC(=O)c1ccc(S(=O)(=O)Cl)cc1-c1ccccc1C. The minimum atomic E-state index is -3.88. The second-order valence-electron chi connectivity index (χ2n) is 4.45. The van der Waals surface area contributed by atoms with Crippen molar-refractivity contribution >= 4 is 25.7 Å². The fraction of sp³-hybridized carbons (Fsp3) is 0.133. The van der Waals surface area contributed by atoms with E-state index in [1.807, 2.05) is 31.2 Å². The number of rotatable bonds is 3. The number of halogens is 1. The molecule has 0 aromatic heterocycles. The van der Waals surface area contributed by atoms with Gasteiger partial charge in [-0.1, -0.05) is 24.3 Å². The van der Waals surface area contributed by atoms with Gasteiger partial charge in [-0.15, -0.1) is 0 Å². The van der Waals surface area contributed by atoms with Crippen LogP contribution in [0, 0.1) is 6.92 Å². The first-order valence-corrected chi connectivity index (χ1v) is 8.38. The van der Waals surface area contributed by atoms with Gasteiger partial charge in [0.2, 0.25) is 0 Å². The Balaban J connectivity index is 2.76. The molecule has 4 nitrogen and oxygen atoms in total. The molecule has 0 aliphatic heterocycles. The van der Waals surface area contributed by atoms with Crippen molar-refractivity contribution in [2.24, 2.45) is 0 Å². The van der Waals surface area contributed by atoms with Gasteiger partial charge < -0.3 is 4.74 Å². The summed E-state index contributed by atoms with van der Waals surface area (Å²) >= 11 is 0. The van der Waals surface area contributed by atoms with E-state index < -0.39 is 15.0 Å². The number of carbonyl (C=O) groups excluding carboxylic acids is 1. The van der Waals surface area contributed by atoms with Crippen LogP contribution in [0.15, 0.2) is 47.4 Å². The van der Waals surface area contributed by atoms with Crippen molar-refractivity contribution in [2.45, 2.75) is 11.8 Å². The van der Waals surface area contributed by atoms with Gasteiger partial charge in [-0.2, -0.15) is 0 Å². The normalized spacial score (nSPS) is 11.2. The molecule has 0 aliphatic rings. The summed E-state index contributed by atoms with van der Waals surface area (Å²) in [6.07, 6.45) is 0. The van der Waals surface area contributed by atoms with Gasteiger partial charge in [0, 0.05) is 10.7 Å². The van der Waals surface area contributed by atoms with Crippen LogP contribution in [0.2, 0.25) is 0 Å². The van der Waals surface area contributed by atoms with Crippen LogP contribution in [0.5, 0.6) is 0 Å². The lowest BCUT2D eigenvalue weighted by molar-refractivity contribution is 0.0601. The molecule has 2 aromatic rings. The molecule has 0 spiro atoms. The van der Waals surface area contributed by atoms with E-state index in [9.17, 15) is 13.2 Å². The molecule has 21 heavy (non-hydrogen) atoms. The van der Waals surface area contributed by atoms with Gasteiger partial charge in [-0.25, -0.2) is 13.2 Å². The van der Waals surface area contributed by atoms with Crippen LogP contribution in [0.3, 0.4) is 0 Å². The molecule has 0 amide bonds. The van der Waals surface area contributed by atoms with E-state index in [1.165, 1.54) is 25.3 Å². The van der Waals surface area contributed by atoms with Gasteiger partial charge in [0.05, 0.1) is 17.6 Å². The monoisotopic (exact) mass is 324 g/mol. The first-order chi connectivity index (χ1) is 9.84. The fourth-order valence-corrected chi connectivity index (χ4v) is 2.84. The Kier molecular flexibility index (Phi) is 4.34. The lowest BCUT2D eigenvalue weighted by atomic mass is 9.96. The highest BCUT2D eigenvalue weighted by Crippen LogP contribution is 2.30. The molecule has 0 unspecified atom stereocenters. The summed E-state index contributed by atoms with van der Waals surface area (Å²) in [4.78, 5) is 11.8. The van der Waals surface area contributed by atoms with E-state index in [0.29, 0.717) is 5.56 Å². The summed E-state index contributed by atoms with van der Waals surface area (Å²) < 4.78 is 27.7. The number of methoxy groups -OCH3 is 1. The first kappa shape index (κ1) is 15.5. The Morgan fingerprint density at radius 1 is 1.10 bits per heavy atom. The van der Waals surface area contributed by atoms with Crippen molar-refractivity contribution in [1.82, 2.24) is 0 Å². The van der Waals surface area contributed by atoms with Gasteiger partial charge in [0.15, 0.2) is 0 Å². The summed E-state index contributed by atoms with van der Waals surface area (Å²) in [5.74, 6) is -0.535. The molecule has 0 aliphatic carbocycles. The van der Waals surface area contributed by atoms with E-state index in [0.717, 1.165) is 11.1 Å². The maximum absolute atomic E-state index is 11.9. The third-order valence-electron chi connectivity index (χ3n) is 3.11. The second kappa shape index (κ2) is 5.87. The average Bonchev–Trinajstić information content (AvgIpc) is 2.45. The smallest absolute Gasteiger partial charge is 0.338 e. The van der Waals surface area contributed by atoms with Gasteiger partial charge in [-0.3, -0.25) is 0 Å². The molecule has 0 N–H and O–H groups in total. The summed E-state index contributed by atoms with van der Waals surface area (Å²) in [5.41, 5.74) is 2.42. The summed E-state index contributed by atoms with van der Waals surface area (Å²) in [6, 6.07) is 11.4. The van der Waals surface area contributed by atoms with Crippen LogP contribution >= 0.6 is 10.7 Å². The minimum Gasteiger partial charge on any atom is -0.465 e. The number of ether oxygens (including phenoxy) is 1. The summed E-state index contributed by atoms with van der Waals surface area (Å²) in [5, 5.41) is 0. The zero-order valence-electron chi connectivity index (χ0n) is 11.5. The fourth-order valence-electron chi connectivity index (χ4n) is 2.06. The number of benzene rings is 2. The Labute approximate surface area is 127 Å². The predicted octanol–water partition coefficient (Wildman–Crippen LogP) is 3.38. The van der Waals surface area contributed by atoms with Crippen molar-refractivity contribution in [3.63, 3.8) is 0 Å². The first-order valence-electron chi connectivity index (χ1n) is 6.07. The Bertz CT molecular complexity index is 797. The summed E-state index contributed by atoms with van der Waals surface area (Å²) in [6.45, 7) is 1.87. The Morgan fingerprint density at radius 3 is 2.33 bits per heavy atom. The van der Waals surface area contributed by atoms with Crippen molar-refractivity contribution in [1.29, 1.82) is 0 Å². The average molecular weight is 325 g/mol. The number of aryl methyl sites for hydroxylation is 1. The number of esters is 1. The quantitative estimate of drug-likeness (QED) is 0.641. The molecule has 0 saturated carbocycles. The van der Waals surface area contributed by atoms with Gasteiger partial charge >= 0.3 is 5.97 Å². The molecular formula is C15H13ClO4S. The molecule has 0 saturated heterocycles. The van der Waals surface area contributed by atoms with Crippen LogP contribution in [-0.4, -0.2) is 21.5 Å². The lowest BCUT2D eigenvalue weighted by Gasteiger charge is -2.12. The van der Waals surface area contributed by atoms with E-state index in [4.69, 9.17) is 15.4 Å². The van der Waals surface area contributed by atoms with E-state index in [2.05, 4.69) is 0 Å². The molecule has 6 heteroatoms. The molecule has 0 heterocycles. The number of hydrogen-bond acceptors (Lipinski definition) is 4. The van der Waals surface area contributed by atoms with Gasteiger partial charge in [-0.05, 0) is 41.8 Å².